The van der Waals surface area contributed by atoms with E-state index in [1.165, 1.54) is 12.3 Å². The number of nitrogens with zero attached hydrogens (tertiary/aromatic N) is 1. The number of pyridine rings is 1. The second kappa shape index (κ2) is 6.19. The highest BCUT2D eigenvalue weighted by molar-refractivity contribution is 5.97. The normalized spacial score (nSPS) is 11.3. The summed E-state index contributed by atoms with van der Waals surface area (Å²) < 4.78 is 38.3. The second-order valence-corrected chi connectivity index (χ2v) is 5.03. The standard InChI is InChI=1S/C17H12F3N3O/c18-17(19,20)12-6-7-13-14(8-9-21-15(13)10-12)22-23-16(24)11-4-2-1-3-5-11/h1-10H,(H,21,22)(H,23,24). The Morgan fingerprint density at radius 2 is 1.75 bits per heavy atom. The van der Waals surface area contributed by atoms with Crippen LogP contribution >= 0.6 is 0 Å². The lowest BCUT2D eigenvalue weighted by molar-refractivity contribution is -0.137. The Bertz CT molecular complexity index is 879. The van der Waals surface area contributed by atoms with Gasteiger partial charge >= 0.3 is 6.18 Å². The predicted octanol–water partition coefficient (Wildman–Crippen LogP) is 4.01. The van der Waals surface area contributed by atoms with Gasteiger partial charge in [-0.15, -0.1) is 0 Å². The SMILES string of the molecule is O=C(NNc1ccnc2cc(C(F)(F)F)ccc12)c1ccccc1. The number of anilines is 1. The molecule has 2 aromatic carbocycles. The van der Waals surface area contributed by atoms with Crippen LogP contribution < -0.4 is 10.9 Å². The number of amides is 1. The summed E-state index contributed by atoms with van der Waals surface area (Å²) in [6, 6.07) is 13.4. The highest BCUT2D eigenvalue weighted by atomic mass is 19.4. The third-order valence-corrected chi connectivity index (χ3v) is 3.42. The molecule has 3 aromatic rings. The van der Waals surface area contributed by atoms with Crippen LogP contribution in [0.2, 0.25) is 0 Å². The van der Waals surface area contributed by atoms with E-state index in [1.807, 2.05) is 0 Å². The maximum absolute atomic E-state index is 12.8. The monoisotopic (exact) mass is 331 g/mol. The fourth-order valence-corrected chi connectivity index (χ4v) is 2.22. The number of rotatable bonds is 3. The average molecular weight is 331 g/mol. The molecule has 0 unspecified atom stereocenters. The topological polar surface area (TPSA) is 54.0 Å². The van der Waals surface area contributed by atoms with E-state index in [0.29, 0.717) is 16.6 Å². The fraction of sp³-hybridized carbons (Fsp3) is 0.0588. The summed E-state index contributed by atoms with van der Waals surface area (Å²) in [6.07, 6.45) is -3.06. The number of carbonyl (C=O) groups is 1. The van der Waals surface area contributed by atoms with Gasteiger partial charge in [-0.3, -0.25) is 20.6 Å². The third-order valence-electron chi connectivity index (χ3n) is 3.42. The highest BCUT2D eigenvalue weighted by Crippen LogP contribution is 2.32. The minimum atomic E-state index is -4.43. The lowest BCUT2D eigenvalue weighted by Gasteiger charge is -2.12. The number of hydrogen-bond donors (Lipinski definition) is 2. The molecule has 0 saturated heterocycles. The molecule has 0 atom stereocenters. The van der Waals surface area contributed by atoms with Gasteiger partial charge in [-0.05, 0) is 30.3 Å². The Balaban J connectivity index is 1.84. The van der Waals surface area contributed by atoms with Crippen molar-refractivity contribution in [1.29, 1.82) is 0 Å². The smallest absolute Gasteiger partial charge is 0.298 e. The Hall–Kier alpha value is -3.09. The second-order valence-electron chi connectivity index (χ2n) is 5.03. The van der Waals surface area contributed by atoms with Crippen molar-refractivity contribution in [2.75, 3.05) is 5.43 Å². The molecule has 0 bridgehead atoms. The molecular weight excluding hydrogens is 319 g/mol. The minimum absolute atomic E-state index is 0.184. The van der Waals surface area contributed by atoms with Gasteiger partial charge in [0.05, 0.1) is 16.8 Å². The molecule has 0 radical (unpaired) electrons. The van der Waals surface area contributed by atoms with E-state index in [9.17, 15) is 18.0 Å². The number of benzene rings is 2. The van der Waals surface area contributed by atoms with Crippen molar-refractivity contribution in [2.45, 2.75) is 6.18 Å². The average Bonchev–Trinajstić information content (AvgIpc) is 2.59. The van der Waals surface area contributed by atoms with Gasteiger partial charge in [-0.2, -0.15) is 13.2 Å². The first-order chi connectivity index (χ1) is 11.4. The maximum Gasteiger partial charge on any atom is 0.416 e. The van der Waals surface area contributed by atoms with Gasteiger partial charge in [0.25, 0.3) is 5.91 Å². The Morgan fingerprint density at radius 1 is 1.00 bits per heavy atom. The maximum atomic E-state index is 12.8. The summed E-state index contributed by atoms with van der Waals surface area (Å²) in [6.45, 7) is 0. The summed E-state index contributed by atoms with van der Waals surface area (Å²) in [5.74, 6) is -0.354. The van der Waals surface area contributed by atoms with Gasteiger partial charge in [-0.1, -0.05) is 24.3 Å². The van der Waals surface area contributed by atoms with Crippen LogP contribution in [0.4, 0.5) is 18.9 Å². The van der Waals surface area contributed by atoms with Gasteiger partial charge in [0.15, 0.2) is 0 Å². The Kier molecular flexibility index (Phi) is 4.07. The number of alkyl halides is 3. The molecule has 3 rings (SSSR count). The van der Waals surface area contributed by atoms with E-state index in [1.54, 1.807) is 36.4 Å². The molecule has 0 aliphatic rings. The van der Waals surface area contributed by atoms with E-state index in [4.69, 9.17) is 0 Å². The first-order valence-electron chi connectivity index (χ1n) is 7.02. The van der Waals surface area contributed by atoms with Crippen molar-refractivity contribution in [1.82, 2.24) is 10.4 Å². The zero-order valence-electron chi connectivity index (χ0n) is 12.3. The van der Waals surface area contributed by atoms with Crippen molar-refractivity contribution in [3.8, 4) is 0 Å². The van der Waals surface area contributed by atoms with Crippen molar-refractivity contribution < 1.29 is 18.0 Å². The minimum Gasteiger partial charge on any atom is -0.298 e. The first kappa shape index (κ1) is 15.8. The first-order valence-corrected chi connectivity index (χ1v) is 7.02. The number of nitrogens with one attached hydrogen (secondary N) is 2. The highest BCUT2D eigenvalue weighted by Gasteiger charge is 2.30. The molecule has 0 saturated carbocycles. The molecule has 0 aliphatic carbocycles. The number of hydrazine groups is 1. The zero-order chi connectivity index (χ0) is 17.2. The number of hydrogen-bond acceptors (Lipinski definition) is 3. The van der Waals surface area contributed by atoms with Crippen LogP contribution in [0.1, 0.15) is 15.9 Å². The van der Waals surface area contributed by atoms with E-state index >= 15 is 0 Å². The van der Waals surface area contributed by atoms with Crippen molar-refractivity contribution in [2.24, 2.45) is 0 Å². The molecular formula is C17H12F3N3O. The number of halogens is 3. The zero-order valence-corrected chi connectivity index (χ0v) is 12.3. The van der Waals surface area contributed by atoms with E-state index in [-0.39, 0.29) is 11.4 Å². The molecule has 1 heterocycles. The van der Waals surface area contributed by atoms with Gasteiger partial charge < -0.3 is 0 Å². The molecule has 0 fully saturated rings. The molecule has 4 nitrogen and oxygen atoms in total. The molecule has 1 amide bonds. The number of carbonyl (C=O) groups excluding carboxylic acids is 1. The summed E-state index contributed by atoms with van der Waals surface area (Å²) in [4.78, 5) is 16.0. The molecule has 122 valence electrons. The molecule has 0 spiro atoms. The number of aromatic nitrogens is 1. The molecule has 7 heteroatoms. The molecule has 0 aliphatic heterocycles. The van der Waals surface area contributed by atoms with E-state index in [0.717, 1.165) is 12.1 Å². The van der Waals surface area contributed by atoms with Crippen molar-refractivity contribution in [3.05, 3.63) is 71.9 Å². The van der Waals surface area contributed by atoms with Gasteiger partial charge in [0.1, 0.15) is 0 Å². The van der Waals surface area contributed by atoms with E-state index in [2.05, 4.69) is 15.8 Å². The summed E-state index contributed by atoms with van der Waals surface area (Å²) in [7, 11) is 0. The third kappa shape index (κ3) is 3.29. The van der Waals surface area contributed by atoms with Gasteiger partial charge in [-0.25, -0.2) is 0 Å². The van der Waals surface area contributed by atoms with Crippen molar-refractivity contribution in [3.63, 3.8) is 0 Å². The van der Waals surface area contributed by atoms with Crippen LogP contribution in [0, 0.1) is 0 Å². The quantitative estimate of drug-likeness (QED) is 0.713. The Morgan fingerprint density at radius 3 is 2.46 bits per heavy atom. The molecule has 24 heavy (non-hydrogen) atoms. The van der Waals surface area contributed by atoms with Crippen LogP contribution in [0.3, 0.4) is 0 Å². The fourth-order valence-electron chi connectivity index (χ4n) is 2.22. The van der Waals surface area contributed by atoms with Crippen LogP contribution in [0.15, 0.2) is 60.8 Å². The lowest BCUT2D eigenvalue weighted by Crippen LogP contribution is -2.29. The largest absolute Gasteiger partial charge is 0.416 e. The Labute approximate surface area is 135 Å². The predicted molar refractivity (Wildman–Crippen MR) is 84.3 cm³/mol. The summed E-state index contributed by atoms with van der Waals surface area (Å²) in [5, 5.41) is 0.471. The van der Waals surface area contributed by atoms with E-state index < -0.39 is 11.7 Å². The van der Waals surface area contributed by atoms with Crippen LogP contribution in [0.25, 0.3) is 10.9 Å². The molecule has 1 aromatic heterocycles. The van der Waals surface area contributed by atoms with Gasteiger partial charge in [0.2, 0.25) is 0 Å². The van der Waals surface area contributed by atoms with Crippen LogP contribution in [-0.2, 0) is 6.18 Å². The summed E-state index contributed by atoms with van der Waals surface area (Å²) in [5.41, 5.74) is 5.57. The lowest BCUT2D eigenvalue weighted by atomic mass is 10.1. The van der Waals surface area contributed by atoms with Gasteiger partial charge in [0, 0.05) is 17.1 Å². The van der Waals surface area contributed by atoms with Crippen LogP contribution in [-0.4, -0.2) is 10.9 Å². The van der Waals surface area contributed by atoms with Crippen LogP contribution in [0.5, 0.6) is 0 Å². The van der Waals surface area contributed by atoms with Crippen molar-refractivity contribution >= 4 is 22.5 Å². The number of fused-ring (bicyclic) bond motifs is 1. The summed E-state index contributed by atoms with van der Waals surface area (Å²) >= 11 is 0. The molecule has 2 N–H and O–H groups in total.